The number of carbonyl (C=O) groups excluding carboxylic acids is 1. The Labute approximate surface area is 141 Å². The van der Waals surface area contributed by atoms with Crippen molar-refractivity contribution in [1.29, 1.82) is 0 Å². The Balaban J connectivity index is 1.79. The van der Waals surface area contributed by atoms with E-state index < -0.39 is 0 Å². The van der Waals surface area contributed by atoms with Gasteiger partial charge in [0.2, 0.25) is 5.88 Å². The number of methoxy groups -OCH3 is 2. The van der Waals surface area contributed by atoms with Crippen molar-refractivity contribution < 1.29 is 14.3 Å². The monoisotopic (exact) mass is 327 g/mol. The van der Waals surface area contributed by atoms with Crippen LogP contribution in [0.25, 0.3) is 0 Å². The first-order valence-electron chi connectivity index (χ1n) is 8.01. The number of para-hydroxylation sites is 1. The quantitative estimate of drug-likeness (QED) is 0.787. The zero-order valence-corrected chi connectivity index (χ0v) is 13.9. The third-order valence-electron chi connectivity index (χ3n) is 4.33. The summed E-state index contributed by atoms with van der Waals surface area (Å²) in [6.45, 7) is 1.51. The van der Waals surface area contributed by atoms with Crippen LogP contribution < -0.4 is 14.4 Å². The van der Waals surface area contributed by atoms with E-state index in [1.807, 2.05) is 24.3 Å². The number of benzene rings is 1. The number of ether oxygens (including phenoxy) is 2. The summed E-state index contributed by atoms with van der Waals surface area (Å²) < 4.78 is 10.5. The first-order valence-corrected chi connectivity index (χ1v) is 8.01. The Hall–Kier alpha value is -2.63. The number of anilines is 1. The highest BCUT2D eigenvalue weighted by Gasteiger charge is 2.29. The minimum absolute atomic E-state index is 0.0731. The largest absolute Gasteiger partial charge is 0.496 e. The van der Waals surface area contributed by atoms with Crippen molar-refractivity contribution in [3.63, 3.8) is 0 Å². The van der Waals surface area contributed by atoms with Crippen LogP contribution in [0.5, 0.6) is 11.6 Å². The number of carbonyl (C=O) groups is 1. The Morgan fingerprint density at radius 1 is 1.21 bits per heavy atom. The number of piperidine rings is 1. The molecule has 6 nitrogen and oxygen atoms in total. The van der Waals surface area contributed by atoms with Gasteiger partial charge in [-0.2, -0.15) is 0 Å². The number of rotatable bonds is 5. The average Bonchev–Trinajstić information content (AvgIpc) is 2.67. The second-order valence-electron chi connectivity index (χ2n) is 5.77. The van der Waals surface area contributed by atoms with Crippen molar-refractivity contribution in [2.45, 2.75) is 12.8 Å². The van der Waals surface area contributed by atoms with Crippen molar-refractivity contribution >= 4 is 11.6 Å². The molecule has 0 radical (unpaired) electrons. The highest BCUT2D eigenvalue weighted by molar-refractivity contribution is 6.00. The Morgan fingerprint density at radius 3 is 2.83 bits per heavy atom. The standard InChI is InChI=1S/C18H21N3O3/c1-23-15-8-4-3-7-14(15)18(22)13-6-5-9-21(11-13)16-10-17(24-2)20-12-19-16/h3-4,7-8,10,12-13H,5-6,9,11H2,1-2H3. The van der Waals surface area contributed by atoms with Crippen molar-refractivity contribution in [2.24, 2.45) is 5.92 Å². The van der Waals surface area contributed by atoms with Gasteiger partial charge in [-0.25, -0.2) is 9.97 Å². The van der Waals surface area contributed by atoms with Crippen molar-refractivity contribution in [3.8, 4) is 11.6 Å². The van der Waals surface area contributed by atoms with Gasteiger partial charge < -0.3 is 14.4 Å². The Morgan fingerprint density at radius 2 is 2.04 bits per heavy atom. The molecule has 2 aromatic rings. The topological polar surface area (TPSA) is 64.5 Å². The molecule has 126 valence electrons. The molecule has 0 saturated carbocycles. The Bertz CT molecular complexity index is 720. The average molecular weight is 327 g/mol. The molecule has 0 N–H and O–H groups in total. The predicted octanol–water partition coefficient (Wildman–Crippen LogP) is 2.59. The van der Waals surface area contributed by atoms with E-state index in [9.17, 15) is 4.79 Å². The number of nitrogens with zero attached hydrogens (tertiary/aromatic N) is 3. The molecule has 0 aliphatic carbocycles. The smallest absolute Gasteiger partial charge is 0.218 e. The number of aromatic nitrogens is 2. The molecule has 0 spiro atoms. The van der Waals surface area contributed by atoms with E-state index in [0.717, 1.165) is 25.2 Å². The molecule has 1 aliphatic heterocycles. The van der Waals surface area contributed by atoms with Crippen LogP contribution in [-0.2, 0) is 0 Å². The molecule has 6 heteroatoms. The zero-order valence-electron chi connectivity index (χ0n) is 13.9. The summed E-state index contributed by atoms with van der Waals surface area (Å²) in [6.07, 6.45) is 3.30. The van der Waals surface area contributed by atoms with Crippen LogP contribution in [0.15, 0.2) is 36.7 Å². The van der Waals surface area contributed by atoms with Gasteiger partial charge in [-0.15, -0.1) is 0 Å². The molecule has 0 bridgehead atoms. The molecule has 1 aliphatic rings. The van der Waals surface area contributed by atoms with Gasteiger partial charge in [0, 0.05) is 25.1 Å². The van der Waals surface area contributed by atoms with Crippen LogP contribution in [0.3, 0.4) is 0 Å². The minimum atomic E-state index is -0.0731. The van der Waals surface area contributed by atoms with Gasteiger partial charge in [-0.05, 0) is 25.0 Å². The normalized spacial score (nSPS) is 17.4. The lowest BCUT2D eigenvalue weighted by Crippen LogP contribution is -2.39. The van der Waals surface area contributed by atoms with Crippen LogP contribution in [-0.4, -0.2) is 43.1 Å². The van der Waals surface area contributed by atoms with Gasteiger partial charge in [0.15, 0.2) is 5.78 Å². The molecule has 1 aromatic carbocycles. The number of ketones is 1. The van der Waals surface area contributed by atoms with E-state index >= 15 is 0 Å². The van der Waals surface area contributed by atoms with Gasteiger partial charge in [0.1, 0.15) is 17.9 Å². The third-order valence-corrected chi connectivity index (χ3v) is 4.33. The fraction of sp³-hybridized carbons (Fsp3) is 0.389. The molecule has 0 amide bonds. The summed E-state index contributed by atoms with van der Waals surface area (Å²) >= 11 is 0. The highest BCUT2D eigenvalue weighted by atomic mass is 16.5. The van der Waals surface area contributed by atoms with Crippen LogP contribution in [0, 0.1) is 5.92 Å². The van der Waals surface area contributed by atoms with Crippen molar-refractivity contribution in [3.05, 3.63) is 42.2 Å². The molecule has 1 fully saturated rings. The van der Waals surface area contributed by atoms with Crippen LogP contribution >= 0.6 is 0 Å². The zero-order chi connectivity index (χ0) is 16.9. The fourth-order valence-corrected chi connectivity index (χ4v) is 3.08. The van der Waals surface area contributed by atoms with E-state index in [1.165, 1.54) is 6.33 Å². The van der Waals surface area contributed by atoms with E-state index in [2.05, 4.69) is 14.9 Å². The van der Waals surface area contributed by atoms with Gasteiger partial charge in [0.05, 0.1) is 19.8 Å². The van der Waals surface area contributed by atoms with Crippen LogP contribution in [0.4, 0.5) is 5.82 Å². The predicted molar refractivity (Wildman–Crippen MR) is 90.8 cm³/mol. The van der Waals surface area contributed by atoms with E-state index in [1.54, 1.807) is 20.3 Å². The summed E-state index contributed by atoms with van der Waals surface area (Å²) in [5.41, 5.74) is 0.645. The number of Topliss-reactive ketones (excluding diaryl/α,β-unsaturated/α-hetero) is 1. The molecule has 24 heavy (non-hydrogen) atoms. The molecular weight excluding hydrogens is 306 g/mol. The summed E-state index contributed by atoms with van der Waals surface area (Å²) in [4.78, 5) is 23.4. The molecule has 3 rings (SSSR count). The number of hydrogen-bond acceptors (Lipinski definition) is 6. The summed E-state index contributed by atoms with van der Waals surface area (Å²) in [5.74, 6) is 2.00. The van der Waals surface area contributed by atoms with E-state index in [0.29, 0.717) is 23.7 Å². The molecule has 2 heterocycles. The van der Waals surface area contributed by atoms with Crippen LogP contribution in [0.1, 0.15) is 23.2 Å². The first kappa shape index (κ1) is 16.2. The second kappa shape index (κ2) is 7.29. The molecule has 1 aromatic heterocycles. The fourth-order valence-electron chi connectivity index (χ4n) is 3.08. The summed E-state index contributed by atoms with van der Waals surface area (Å²) in [7, 11) is 3.17. The maximum Gasteiger partial charge on any atom is 0.218 e. The highest BCUT2D eigenvalue weighted by Crippen LogP contribution is 2.28. The molecular formula is C18H21N3O3. The summed E-state index contributed by atoms with van der Waals surface area (Å²) in [5, 5.41) is 0. The second-order valence-corrected chi connectivity index (χ2v) is 5.77. The van der Waals surface area contributed by atoms with Gasteiger partial charge in [-0.3, -0.25) is 4.79 Å². The van der Waals surface area contributed by atoms with Crippen molar-refractivity contribution in [1.82, 2.24) is 9.97 Å². The lowest BCUT2D eigenvalue weighted by Gasteiger charge is -2.33. The minimum Gasteiger partial charge on any atom is -0.496 e. The van der Waals surface area contributed by atoms with Gasteiger partial charge >= 0.3 is 0 Å². The first-order chi connectivity index (χ1) is 11.7. The Kier molecular flexibility index (Phi) is 4.93. The van der Waals surface area contributed by atoms with Crippen molar-refractivity contribution in [2.75, 3.05) is 32.2 Å². The molecule has 1 saturated heterocycles. The summed E-state index contributed by atoms with van der Waals surface area (Å²) in [6, 6.07) is 9.19. The third kappa shape index (κ3) is 3.32. The SMILES string of the molecule is COc1cc(N2CCCC(C(=O)c3ccccc3OC)C2)ncn1. The van der Waals surface area contributed by atoms with Gasteiger partial charge in [-0.1, -0.05) is 12.1 Å². The number of hydrogen-bond donors (Lipinski definition) is 0. The van der Waals surface area contributed by atoms with E-state index in [4.69, 9.17) is 9.47 Å². The maximum absolute atomic E-state index is 12.9. The maximum atomic E-state index is 12.9. The molecule has 1 atom stereocenters. The van der Waals surface area contributed by atoms with Gasteiger partial charge in [0.25, 0.3) is 0 Å². The lowest BCUT2D eigenvalue weighted by atomic mass is 9.89. The van der Waals surface area contributed by atoms with Crippen LogP contribution in [0.2, 0.25) is 0 Å². The molecule has 1 unspecified atom stereocenters. The lowest BCUT2D eigenvalue weighted by molar-refractivity contribution is 0.0904. The van der Waals surface area contributed by atoms with E-state index in [-0.39, 0.29) is 11.7 Å².